The standard InChI is InChI=1S/C29H34N4O2/c1-2-22-12-9-13-24(20-22)31-29(35)32-25-14-15-27(33-18-7-4-8-19-33)26(21-25)28(34)30-17-16-23-10-5-3-6-11-23/h3,5-6,9-15,20-21H,2,4,7-8,16-19H2,1H3,(H,30,34)(H2,31,32,35). The molecule has 1 saturated heterocycles. The predicted molar refractivity (Wildman–Crippen MR) is 143 cm³/mol. The highest BCUT2D eigenvalue weighted by Gasteiger charge is 2.19. The van der Waals surface area contributed by atoms with E-state index in [1.165, 1.54) is 12.0 Å². The van der Waals surface area contributed by atoms with Crippen molar-refractivity contribution in [2.45, 2.75) is 39.0 Å². The first-order chi connectivity index (χ1) is 17.1. The molecule has 35 heavy (non-hydrogen) atoms. The molecule has 6 heteroatoms. The largest absolute Gasteiger partial charge is 0.371 e. The molecule has 3 aromatic rings. The van der Waals surface area contributed by atoms with Crippen LogP contribution in [0.3, 0.4) is 0 Å². The minimum atomic E-state index is -0.334. The number of nitrogens with zero attached hydrogens (tertiary/aromatic N) is 1. The van der Waals surface area contributed by atoms with Crippen LogP contribution in [-0.4, -0.2) is 31.6 Å². The Morgan fingerprint density at radius 3 is 2.26 bits per heavy atom. The highest BCUT2D eigenvalue weighted by Crippen LogP contribution is 2.27. The molecule has 3 aromatic carbocycles. The van der Waals surface area contributed by atoms with Gasteiger partial charge in [0.2, 0.25) is 0 Å². The molecule has 0 spiro atoms. The number of aryl methyl sites for hydroxylation is 1. The molecule has 0 unspecified atom stereocenters. The quantitative estimate of drug-likeness (QED) is 0.386. The fourth-order valence-electron chi connectivity index (χ4n) is 4.43. The summed E-state index contributed by atoms with van der Waals surface area (Å²) in [7, 11) is 0. The maximum Gasteiger partial charge on any atom is 0.323 e. The van der Waals surface area contributed by atoms with E-state index in [1.54, 1.807) is 6.07 Å². The number of benzene rings is 3. The fourth-order valence-corrected chi connectivity index (χ4v) is 4.43. The first-order valence-electron chi connectivity index (χ1n) is 12.5. The van der Waals surface area contributed by atoms with Crippen molar-refractivity contribution < 1.29 is 9.59 Å². The summed E-state index contributed by atoms with van der Waals surface area (Å²) in [4.78, 5) is 28.2. The molecule has 0 radical (unpaired) electrons. The van der Waals surface area contributed by atoms with Gasteiger partial charge >= 0.3 is 6.03 Å². The minimum absolute atomic E-state index is 0.124. The lowest BCUT2D eigenvalue weighted by molar-refractivity contribution is 0.0954. The third kappa shape index (κ3) is 6.85. The lowest BCUT2D eigenvalue weighted by atomic mass is 10.1. The molecule has 4 rings (SSSR count). The monoisotopic (exact) mass is 470 g/mol. The van der Waals surface area contributed by atoms with E-state index in [0.717, 1.165) is 55.7 Å². The molecule has 0 aliphatic carbocycles. The van der Waals surface area contributed by atoms with Crippen molar-refractivity contribution in [2.24, 2.45) is 0 Å². The Kier molecular flexibility index (Phi) is 8.39. The molecule has 1 aliphatic heterocycles. The zero-order valence-electron chi connectivity index (χ0n) is 20.3. The number of urea groups is 1. The lowest BCUT2D eigenvalue weighted by Gasteiger charge is -2.30. The molecule has 1 fully saturated rings. The van der Waals surface area contributed by atoms with Gasteiger partial charge in [0.25, 0.3) is 5.91 Å². The number of amides is 3. The number of carbonyl (C=O) groups excluding carboxylic acids is 2. The third-order valence-electron chi connectivity index (χ3n) is 6.33. The SMILES string of the molecule is CCc1cccc(NC(=O)Nc2ccc(N3CCCCC3)c(C(=O)NCCc3ccccc3)c2)c1. The van der Waals surface area contributed by atoms with Gasteiger partial charge in [-0.3, -0.25) is 4.79 Å². The summed E-state index contributed by atoms with van der Waals surface area (Å²) in [5.41, 5.74) is 5.18. The average Bonchev–Trinajstić information content (AvgIpc) is 2.89. The second kappa shape index (κ2) is 12.1. The van der Waals surface area contributed by atoms with E-state index in [9.17, 15) is 9.59 Å². The van der Waals surface area contributed by atoms with Crippen LogP contribution in [0.1, 0.15) is 47.7 Å². The Bertz CT molecular complexity index is 1140. The number of carbonyl (C=O) groups is 2. The Morgan fingerprint density at radius 1 is 0.800 bits per heavy atom. The van der Waals surface area contributed by atoms with Crippen LogP contribution in [0.15, 0.2) is 72.8 Å². The van der Waals surface area contributed by atoms with Crippen molar-refractivity contribution in [3.8, 4) is 0 Å². The van der Waals surface area contributed by atoms with Gasteiger partial charge in [-0.15, -0.1) is 0 Å². The third-order valence-corrected chi connectivity index (χ3v) is 6.33. The molecular formula is C29H34N4O2. The first kappa shape index (κ1) is 24.3. The molecule has 1 aliphatic rings. The number of piperidine rings is 1. The Labute approximate surface area is 207 Å². The topological polar surface area (TPSA) is 73.5 Å². The molecule has 0 atom stereocenters. The molecule has 6 nitrogen and oxygen atoms in total. The zero-order valence-corrected chi connectivity index (χ0v) is 20.3. The van der Waals surface area contributed by atoms with Gasteiger partial charge in [0, 0.05) is 36.7 Å². The molecule has 0 aromatic heterocycles. The summed E-state index contributed by atoms with van der Waals surface area (Å²) in [5, 5.41) is 8.84. The van der Waals surface area contributed by atoms with E-state index in [0.29, 0.717) is 17.8 Å². The van der Waals surface area contributed by atoms with Gasteiger partial charge in [0.15, 0.2) is 0 Å². The normalized spacial score (nSPS) is 13.2. The molecule has 1 heterocycles. The van der Waals surface area contributed by atoms with E-state index in [-0.39, 0.29) is 11.9 Å². The number of hydrogen-bond donors (Lipinski definition) is 3. The Morgan fingerprint density at radius 2 is 1.51 bits per heavy atom. The lowest BCUT2D eigenvalue weighted by Crippen LogP contribution is -2.33. The van der Waals surface area contributed by atoms with Crippen molar-refractivity contribution in [1.29, 1.82) is 0 Å². The number of rotatable bonds is 8. The van der Waals surface area contributed by atoms with Crippen molar-refractivity contribution in [1.82, 2.24) is 5.32 Å². The van der Waals surface area contributed by atoms with Crippen LogP contribution >= 0.6 is 0 Å². The Hall–Kier alpha value is -3.80. The van der Waals surface area contributed by atoms with Gasteiger partial charge in [-0.25, -0.2) is 4.79 Å². The molecule has 0 bridgehead atoms. The molecular weight excluding hydrogens is 436 g/mol. The van der Waals surface area contributed by atoms with Crippen LogP contribution in [0.5, 0.6) is 0 Å². The first-order valence-corrected chi connectivity index (χ1v) is 12.5. The van der Waals surface area contributed by atoms with Crippen molar-refractivity contribution in [3.05, 3.63) is 89.5 Å². The summed E-state index contributed by atoms with van der Waals surface area (Å²) >= 11 is 0. The van der Waals surface area contributed by atoms with Crippen molar-refractivity contribution in [2.75, 3.05) is 35.2 Å². The van der Waals surface area contributed by atoms with Gasteiger partial charge in [-0.2, -0.15) is 0 Å². The summed E-state index contributed by atoms with van der Waals surface area (Å²) in [5.74, 6) is -0.124. The Balaban J connectivity index is 1.47. The van der Waals surface area contributed by atoms with Gasteiger partial charge < -0.3 is 20.9 Å². The van der Waals surface area contributed by atoms with Crippen LogP contribution in [0.25, 0.3) is 0 Å². The van der Waals surface area contributed by atoms with E-state index in [4.69, 9.17) is 0 Å². The van der Waals surface area contributed by atoms with E-state index >= 15 is 0 Å². The van der Waals surface area contributed by atoms with Crippen LogP contribution in [0.4, 0.5) is 21.9 Å². The average molecular weight is 471 g/mol. The molecule has 0 saturated carbocycles. The van der Waals surface area contributed by atoms with Crippen LogP contribution in [0, 0.1) is 0 Å². The number of nitrogens with one attached hydrogen (secondary N) is 3. The maximum atomic E-state index is 13.2. The highest BCUT2D eigenvalue weighted by atomic mass is 16.2. The summed E-state index contributed by atoms with van der Waals surface area (Å²) < 4.78 is 0. The molecule has 3 N–H and O–H groups in total. The fraction of sp³-hybridized carbons (Fsp3) is 0.310. The maximum absolute atomic E-state index is 13.2. The second-order valence-electron chi connectivity index (χ2n) is 8.90. The number of anilines is 3. The van der Waals surface area contributed by atoms with Gasteiger partial charge in [-0.1, -0.05) is 49.4 Å². The summed E-state index contributed by atoms with van der Waals surface area (Å²) in [6, 6.07) is 23.2. The van der Waals surface area contributed by atoms with E-state index in [1.807, 2.05) is 54.6 Å². The van der Waals surface area contributed by atoms with Crippen molar-refractivity contribution >= 4 is 29.0 Å². The van der Waals surface area contributed by atoms with Gasteiger partial charge in [0.05, 0.1) is 5.56 Å². The van der Waals surface area contributed by atoms with E-state index in [2.05, 4.69) is 39.9 Å². The minimum Gasteiger partial charge on any atom is -0.371 e. The summed E-state index contributed by atoms with van der Waals surface area (Å²) in [6.45, 7) is 4.50. The van der Waals surface area contributed by atoms with Crippen LogP contribution < -0.4 is 20.9 Å². The highest BCUT2D eigenvalue weighted by molar-refractivity contribution is 6.04. The van der Waals surface area contributed by atoms with Gasteiger partial charge in [-0.05, 0) is 73.6 Å². The molecule has 182 valence electrons. The van der Waals surface area contributed by atoms with Crippen LogP contribution in [-0.2, 0) is 12.8 Å². The predicted octanol–water partition coefficient (Wildman–Crippen LogP) is 5.86. The zero-order chi connectivity index (χ0) is 24.5. The van der Waals surface area contributed by atoms with Crippen molar-refractivity contribution in [3.63, 3.8) is 0 Å². The van der Waals surface area contributed by atoms with E-state index < -0.39 is 0 Å². The second-order valence-corrected chi connectivity index (χ2v) is 8.90. The molecule has 3 amide bonds. The summed E-state index contributed by atoms with van der Waals surface area (Å²) in [6.07, 6.45) is 5.12. The van der Waals surface area contributed by atoms with Crippen LogP contribution in [0.2, 0.25) is 0 Å². The smallest absolute Gasteiger partial charge is 0.323 e. The number of hydrogen-bond acceptors (Lipinski definition) is 3. The van der Waals surface area contributed by atoms with Gasteiger partial charge in [0.1, 0.15) is 0 Å².